The molecule has 3 aromatic carbocycles. The van der Waals surface area contributed by atoms with E-state index in [4.69, 9.17) is 32.3 Å². The van der Waals surface area contributed by atoms with Crippen molar-refractivity contribution in [1.29, 1.82) is 0 Å². The molecule has 0 spiro atoms. The lowest BCUT2D eigenvalue weighted by atomic mass is 10.2. The molecule has 0 aliphatic carbocycles. The molecule has 0 radical (unpaired) electrons. The summed E-state index contributed by atoms with van der Waals surface area (Å²) < 4.78 is 0. The smallest absolute Gasteiger partial charge is 0.402 e. The molecule has 0 aliphatic rings. The number of nitrogens with two attached hydrogens (primary N) is 3. The van der Waals surface area contributed by atoms with Crippen LogP contribution in [0, 0.1) is 20.8 Å². The van der Waals surface area contributed by atoms with Gasteiger partial charge in [0.05, 0.1) is 0 Å². The van der Waals surface area contributed by atoms with Crippen LogP contribution in [-0.2, 0) is 0 Å². The molecule has 0 atom stereocenters. The maximum absolute atomic E-state index is 7.17. The Kier molecular flexibility index (Phi) is 12.6. The molecule has 0 aliphatic heterocycles. The van der Waals surface area contributed by atoms with Gasteiger partial charge in [0.2, 0.25) is 0 Å². The van der Waals surface area contributed by atoms with Crippen molar-refractivity contribution in [2.75, 3.05) is 17.2 Å². The van der Waals surface area contributed by atoms with Gasteiger partial charge in [-0.3, -0.25) is 0 Å². The molecular weight excluding hydrogens is 353 g/mol. The molecule has 3 aromatic rings. The minimum absolute atomic E-state index is 0.829. The van der Waals surface area contributed by atoms with Gasteiger partial charge < -0.3 is 32.3 Å². The van der Waals surface area contributed by atoms with E-state index >= 15 is 0 Å². The van der Waals surface area contributed by atoms with Crippen molar-refractivity contribution in [3.8, 4) is 0 Å². The molecule has 0 aromatic heterocycles. The third-order valence-corrected chi connectivity index (χ3v) is 3.23. The Morgan fingerprint density at radius 2 is 0.607 bits per heavy atom. The van der Waals surface area contributed by atoms with E-state index < -0.39 is 7.32 Å². The van der Waals surface area contributed by atoms with Gasteiger partial charge in [0.25, 0.3) is 0 Å². The van der Waals surface area contributed by atoms with Gasteiger partial charge in [-0.25, -0.2) is 0 Å². The van der Waals surface area contributed by atoms with E-state index in [9.17, 15) is 0 Å². The maximum atomic E-state index is 7.17. The second kappa shape index (κ2) is 14.1. The predicted molar refractivity (Wildman–Crippen MR) is 119 cm³/mol. The van der Waals surface area contributed by atoms with Crippen LogP contribution in [0.15, 0.2) is 72.8 Å². The highest BCUT2D eigenvalue weighted by Crippen LogP contribution is 2.03. The van der Waals surface area contributed by atoms with Crippen molar-refractivity contribution >= 4 is 24.4 Å². The monoisotopic (exact) mass is 383 g/mol. The van der Waals surface area contributed by atoms with E-state index in [1.54, 1.807) is 0 Å². The van der Waals surface area contributed by atoms with Crippen LogP contribution in [0.2, 0.25) is 0 Å². The quantitative estimate of drug-likeness (QED) is 0.261. The van der Waals surface area contributed by atoms with E-state index in [0.29, 0.717) is 0 Å². The Morgan fingerprint density at radius 3 is 0.714 bits per heavy atom. The summed E-state index contributed by atoms with van der Waals surface area (Å²) in [4.78, 5) is 0. The molecular formula is C21H30BN3O3. The van der Waals surface area contributed by atoms with Gasteiger partial charge in [-0.05, 0) is 57.2 Å². The van der Waals surface area contributed by atoms with Crippen LogP contribution < -0.4 is 17.2 Å². The SMILES string of the molecule is Cc1ccc(N)cc1.Cc1ccc(N)cc1.Cc1ccc(N)cc1.OB(O)O. The molecule has 0 amide bonds. The Labute approximate surface area is 167 Å². The van der Waals surface area contributed by atoms with Crippen molar-refractivity contribution in [3.05, 3.63) is 89.5 Å². The lowest BCUT2D eigenvalue weighted by molar-refractivity contribution is 0.278. The second-order valence-corrected chi connectivity index (χ2v) is 6.08. The Bertz CT molecular complexity index is 593. The normalized spacial score (nSPS) is 8.79. The fourth-order valence-corrected chi connectivity index (χ4v) is 1.70. The van der Waals surface area contributed by atoms with Crippen LogP contribution in [0.3, 0.4) is 0 Å². The van der Waals surface area contributed by atoms with Gasteiger partial charge in [-0.15, -0.1) is 0 Å². The summed E-state index contributed by atoms with van der Waals surface area (Å²) in [6.07, 6.45) is 0. The molecule has 0 bridgehead atoms. The summed E-state index contributed by atoms with van der Waals surface area (Å²) >= 11 is 0. The topological polar surface area (TPSA) is 139 Å². The molecule has 0 unspecified atom stereocenters. The van der Waals surface area contributed by atoms with Crippen molar-refractivity contribution in [2.45, 2.75) is 20.8 Å². The van der Waals surface area contributed by atoms with Crippen LogP contribution >= 0.6 is 0 Å². The van der Waals surface area contributed by atoms with Crippen molar-refractivity contribution < 1.29 is 15.1 Å². The molecule has 7 heteroatoms. The summed E-state index contributed by atoms with van der Waals surface area (Å²) in [5.41, 5.74) is 22.5. The number of aryl methyl sites for hydroxylation is 3. The molecule has 0 fully saturated rings. The number of benzene rings is 3. The van der Waals surface area contributed by atoms with E-state index in [0.717, 1.165) is 17.1 Å². The highest BCUT2D eigenvalue weighted by atomic mass is 16.5. The van der Waals surface area contributed by atoms with Gasteiger partial charge in [0.1, 0.15) is 0 Å². The Hall–Kier alpha value is -3.00. The summed E-state index contributed by atoms with van der Waals surface area (Å²) in [6, 6.07) is 23.4. The average molecular weight is 383 g/mol. The largest absolute Gasteiger partial charge is 0.631 e. The zero-order chi connectivity index (χ0) is 21.5. The molecule has 0 saturated carbocycles. The molecule has 9 N–H and O–H groups in total. The van der Waals surface area contributed by atoms with E-state index in [1.807, 2.05) is 93.6 Å². The van der Waals surface area contributed by atoms with Crippen LogP contribution in [0.5, 0.6) is 0 Å². The Balaban J connectivity index is 0.000000358. The molecule has 0 saturated heterocycles. The van der Waals surface area contributed by atoms with Crippen LogP contribution in [0.1, 0.15) is 16.7 Å². The first-order chi connectivity index (χ1) is 13.1. The molecule has 3 rings (SSSR count). The van der Waals surface area contributed by atoms with E-state index in [-0.39, 0.29) is 0 Å². The average Bonchev–Trinajstić information content (AvgIpc) is 2.63. The van der Waals surface area contributed by atoms with Crippen molar-refractivity contribution in [3.63, 3.8) is 0 Å². The first-order valence-electron chi connectivity index (χ1n) is 8.60. The number of anilines is 3. The molecule has 150 valence electrons. The third-order valence-electron chi connectivity index (χ3n) is 3.23. The van der Waals surface area contributed by atoms with Gasteiger partial charge in [-0.2, -0.15) is 0 Å². The van der Waals surface area contributed by atoms with Gasteiger partial charge in [0.15, 0.2) is 0 Å². The van der Waals surface area contributed by atoms with Crippen molar-refractivity contribution in [1.82, 2.24) is 0 Å². The van der Waals surface area contributed by atoms with Crippen molar-refractivity contribution in [2.24, 2.45) is 0 Å². The van der Waals surface area contributed by atoms with Crippen LogP contribution in [0.4, 0.5) is 17.1 Å². The predicted octanol–water partition coefficient (Wildman–Crippen LogP) is 2.68. The zero-order valence-electron chi connectivity index (χ0n) is 16.6. The van der Waals surface area contributed by atoms with Crippen LogP contribution in [-0.4, -0.2) is 22.4 Å². The fraction of sp³-hybridized carbons (Fsp3) is 0.143. The van der Waals surface area contributed by atoms with Gasteiger partial charge in [0, 0.05) is 17.1 Å². The molecule has 6 nitrogen and oxygen atoms in total. The summed E-state index contributed by atoms with van der Waals surface area (Å²) in [5.74, 6) is 0. The van der Waals surface area contributed by atoms with Crippen LogP contribution in [0.25, 0.3) is 0 Å². The fourth-order valence-electron chi connectivity index (χ4n) is 1.70. The molecule has 0 heterocycles. The highest BCUT2D eigenvalue weighted by molar-refractivity contribution is 6.30. The first kappa shape index (κ1) is 25.0. The molecule has 28 heavy (non-hydrogen) atoms. The van der Waals surface area contributed by atoms with Gasteiger partial charge in [-0.1, -0.05) is 53.1 Å². The van der Waals surface area contributed by atoms with Gasteiger partial charge >= 0.3 is 7.32 Å². The number of rotatable bonds is 0. The number of hydrogen-bond donors (Lipinski definition) is 6. The standard InChI is InChI=1S/3C7H9N.BH3O3/c3*1-6-2-4-7(8)5-3-6;2-1(3)4/h3*2-5H,8H2,1H3;2-4H. The first-order valence-corrected chi connectivity index (χ1v) is 8.60. The minimum Gasteiger partial charge on any atom is -0.402 e. The summed E-state index contributed by atoms with van der Waals surface area (Å²) in [6.45, 7) is 6.12. The summed E-state index contributed by atoms with van der Waals surface area (Å²) in [7, 11) is -2.17. The lowest BCUT2D eigenvalue weighted by Crippen LogP contribution is -2.07. The van der Waals surface area contributed by atoms with E-state index in [1.165, 1.54) is 16.7 Å². The Morgan fingerprint density at radius 1 is 0.464 bits per heavy atom. The second-order valence-electron chi connectivity index (χ2n) is 6.08. The summed E-state index contributed by atoms with van der Waals surface area (Å²) in [5, 5.41) is 21.5. The minimum atomic E-state index is -2.17. The number of nitrogen functional groups attached to an aromatic ring is 3. The van der Waals surface area contributed by atoms with E-state index in [2.05, 4.69) is 0 Å². The highest BCUT2D eigenvalue weighted by Gasteiger charge is 1.92. The number of hydrogen-bond acceptors (Lipinski definition) is 6. The lowest BCUT2D eigenvalue weighted by Gasteiger charge is -1.90. The maximum Gasteiger partial charge on any atom is 0.631 e. The third kappa shape index (κ3) is 15.3. The zero-order valence-corrected chi connectivity index (χ0v) is 16.6.